The van der Waals surface area contributed by atoms with Crippen molar-refractivity contribution in [1.29, 1.82) is 0 Å². The maximum absolute atomic E-state index is 13.5. The van der Waals surface area contributed by atoms with Crippen molar-refractivity contribution in [3.8, 4) is 5.75 Å². The third-order valence-electron chi connectivity index (χ3n) is 5.47. The van der Waals surface area contributed by atoms with Gasteiger partial charge in [-0.25, -0.2) is 8.42 Å². The van der Waals surface area contributed by atoms with Crippen molar-refractivity contribution in [1.82, 2.24) is 0 Å². The highest BCUT2D eigenvalue weighted by atomic mass is 35.5. The van der Waals surface area contributed by atoms with Crippen molar-refractivity contribution < 1.29 is 13.5 Å². The van der Waals surface area contributed by atoms with Crippen LogP contribution in [-0.4, -0.2) is 13.5 Å². The lowest BCUT2D eigenvalue weighted by molar-refractivity contribution is 0.470. The maximum atomic E-state index is 13.5. The van der Waals surface area contributed by atoms with Crippen LogP contribution >= 0.6 is 23.2 Å². The predicted molar refractivity (Wildman–Crippen MR) is 133 cm³/mol. The zero-order chi connectivity index (χ0) is 23.8. The number of halogens is 2. The summed E-state index contributed by atoms with van der Waals surface area (Å²) < 4.78 is 27.0. The van der Waals surface area contributed by atoms with Crippen LogP contribution in [0.15, 0.2) is 53.4 Å². The highest BCUT2D eigenvalue weighted by Crippen LogP contribution is 2.35. The second-order valence-electron chi connectivity index (χ2n) is 9.35. The second kappa shape index (κ2) is 9.09. The van der Waals surface area contributed by atoms with Gasteiger partial charge in [-0.2, -0.15) is 0 Å². The first kappa shape index (κ1) is 24.6. The highest BCUT2D eigenvalue weighted by Gasteiger charge is 2.25. The Hall–Kier alpha value is -2.01. The largest absolute Gasteiger partial charge is 0.506 e. The van der Waals surface area contributed by atoms with Gasteiger partial charge in [0.15, 0.2) is 9.84 Å². The van der Waals surface area contributed by atoms with E-state index in [4.69, 9.17) is 23.2 Å². The zero-order valence-electron chi connectivity index (χ0n) is 19.0. The van der Waals surface area contributed by atoms with Crippen molar-refractivity contribution in [2.75, 3.05) is 0 Å². The summed E-state index contributed by atoms with van der Waals surface area (Å²) in [5.74, 6) is -0.650. The summed E-state index contributed by atoms with van der Waals surface area (Å²) in [7, 11) is -3.78. The van der Waals surface area contributed by atoms with Crippen LogP contribution in [0, 0.1) is 13.8 Å². The third-order valence-corrected chi connectivity index (χ3v) is 7.88. The summed E-state index contributed by atoms with van der Waals surface area (Å²) in [6, 6.07) is 14.9. The molecule has 0 saturated heterocycles. The van der Waals surface area contributed by atoms with Gasteiger partial charge < -0.3 is 5.11 Å². The van der Waals surface area contributed by atoms with Crippen molar-refractivity contribution in [2.24, 2.45) is 0 Å². The number of hydrogen-bond donors (Lipinski definition) is 1. The van der Waals surface area contributed by atoms with Crippen LogP contribution in [0.5, 0.6) is 5.75 Å². The van der Waals surface area contributed by atoms with Crippen molar-refractivity contribution >= 4 is 33.0 Å². The number of phenolic OH excluding ortho intramolecular Hbond substituents is 1. The van der Waals surface area contributed by atoms with E-state index in [9.17, 15) is 13.5 Å². The van der Waals surface area contributed by atoms with Gasteiger partial charge in [0.05, 0.1) is 15.7 Å². The Labute approximate surface area is 200 Å². The molecule has 32 heavy (non-hydrogen) atoms. The van der Waals surface area contributed by atoms with Gasteiger partial charge in [0.2, 0.25) is 0 Å². The molecule has 6 heteroatoms. The van der Waals surface area contributed by atoms with Gasteiger partial charge in [0.25, 0.3) is 0 Å². The number of aryl methyl sites for hydroxylation is 2. The predicted octanol–water partition coefficient (Wildman–Crippen LogP) is 7.18. The van der Waals surface area contributed by atoms with Gasteiger partial charge in [0, 0.05) is 10.6 Å². The monoisotopic (exact) mass is 490 g/mol. The van der Waals surface area contributed by atoms with Crippen LogP contribution in [0.4, 0.5) is 0 Å². The number of sulfone groups is 1. The van der Waals surface area contributed by atoms with Crippen molar-refractivity contribution in [3.63, 3.8) is 0 Å². The van der Waals surface area contributed by atoms with E-state index in [0.29, 0.717) is 16.9 Å². The van der Waals surface area contributed by atoms with E-state index in [1.54, 1.807) is 6.92 Å². The molecular formula is C26H28Cl2O3S. The molecule has 0 aliphatic carbocycles. The molecule has 3 aromatic carbocycles. The fourth-order valence-corrected chi connectivity index (χ4v) is 6.36. The molecule has 1 N–H and O–H groups in total. The fourth-order valence-electron chi connectivity index (χ4n) is 3.97. The van der Waals surface area contributed by atoms with E-state index in [1.807, 2.05) is 19.1 Å². The molecule has 0 bridgehead atoms. The first-order valence-electron chi connectivity index (χ1n) is 10.4. The van der Waals surface area contributed by atoms with Gasteiger partial charge in [-0.3, -0.25) is 0 Å². The molecule has 0 radical (unpaired) electrons. The molecule has 0 aliphatic rings. The van der Waals surface area contributed by atoms with Crippen molar-refractivity contribution in [3.05, 3.63) is 92.0 Å². The molecule has 0 aliphatic heterocycles. The zero-order valence-corrected chi connectivity index (χ0v) is 21.3. The lowest BCUT2D eigenvalue weighted by Gasteiger charge is -2.20. The molecule has 0 amide bonds. The van der Waals surface area contributed by atoms with Crippen LogP contribution in [0.25, 0.3) is 0 Å². The summed E-state index contributed by atoms with van der Waals surface area (Å²) in [5.41, 5.74) is 4.90. The summed E-state index contributed by atoms with van der Waals surface area (Å²) in [5, 5.41) is 10.6. The molecule has 3 aromatic rings. The minimum Gasteiger partial charge on any atom is -0.506 e. The van der Waals surface area contributed by atoms with Crippen LogP contribution in [0.1, 0.15) is 54.2 Å². The molecule has 0 fully saturated rings. The number of phenols is 1. The topological polar surface area (TPSA) is 54.4 Å². The van der Waals surface area contributed by atoms with Crippen LogP contribution in [-0.2, 0) is 27.4 Å². The van der Waals surface area contributed by atoms with Gasteiger partial charge in [-0.1, -0.05) is 85.9 Å². The second-order valence-corrected chi connectivity index (χ2v) is 12.1. The van der Waals surface area contributed by atoms with E-state index in [-0.39, 0.29) is 32.5 Å². The standard InChI is InChI=1S/C26H28Cl2O3S/c1-16-10-17(2)25(32(30,31)15-20-13-22(27)14-23(28)24(20)29)19(11-16)12-18-6-8-21(9-7-18)26(3,4)5/h6-11,13-14,29H,12,15H2,1-5H3. The normalized spacial score (nSPS) is 12.2. The molecule has 170 valence electrons. The average molecular weight is 491 g/mol. The van der Waals surface area contributed by atoms with E-state index in [0.717, 1.165) is 16.7 Å². The van der Waals surface area contributed by atoms with Crippen molar-refractivity contribution in [2.45, 2.75) is 57.1 Å². The number of aromatic hydroxyl groups is 1. The molecule has 0 saturated carbocycles. The first-order valence-corrected chi connectivity index (χ1v) is 12.8. The molecule has 3 rings (SSSR count). The number of hydrogen-bond acceptors (Lipinski definition) is 3. The molecule has 0 spiro atoms. The number of benzene rings is 3. The molecular weight excluding hydrogens is 463 g/mol. The molecule has 0 unspecified atom stereocenters. The highest BCUT2D eigenvalue weighted by molar-refractivity contribution is 7.90. The fraction of sp³-hybridized carbons (Fsp3) is 0.308. The molecule has 0 heterocycles. The quantitative estimate of drug-likeness (QED) is 0.411. The summed E-state index contributed by atoms with van der Waals surface area (Å²) >= 11 is 12.0. The average Bonchev–Trinajstić information content (AvgIpc) is 2.64. The SMILES string of the molecule is Cc1cc(C)c(S(=O)(=O)Cc2cc(Cl)cc(Cl)c2O)c(Cc2ccc(C(C)(C)C)cc2)c1. The van der Waals surface area contributed by atoms with Gasteiger partial charge in [0.1, 0.15) is 5.75 Å². The molecule has 3 nitrogen and oxygen atoms in total. The van der Waals surface area contributed by atoms with E-state index < -0.39 is 9.84 Å². The third kappa shape index (κ3) is 5.48. The number of rotatable bonds is 5. The van der Waals surface area contributed by atoms with E-state index >= 15 is 0 Å². The van der Waals surface area contributed by atoms with E-state index in [2.05, 4.69) is 45.0 Å². The molecule has 0 aromatic heterocycles. The molecule has 0 atom stereocenters. The minimum absolute atomic E-state index is 0.0301. The Morgan fingerprint density at radius 1 is 0.906 bits per heavy atom. The lowest BCUT2D eigenvalue weighted by atomic mass is 9.86. The Morgan fingerprint density at radius 2 is 1.53 bits per heavy atom. The first-order chi connectivity index (χ1) is 14.8. The maximum Gasteiger partial charge on any atom is 0.183 e. The van der Waals surface area contributed by atoms with Crippen LogP contribution < -0.4 is 0 Å². The minimum atomic E-state index is -3.78. The summed E-state index contributed by atoms with van der Waals surface area (Å²) in [4.78, 5) is 0.290. The van der Waals surface area contributed by atoms with Gasteiger partial charge in [-0.15, -0.1) is 0 Å². The van der Waals surface area contributed by atoms with Gasteiger partial charge >= 0.3 is 0 Å². The Bertz CT molecular complexity index is 1260. The van der Waals surface area contributed by atoms with Crippen LogP contribution in [0.3, 0.4) is 0 Å². The Balaban J connectivity index is 2.04. The smallest absolute Gasteiger partial charge is 0.183 e. The lowest BCUT2D eigenvalue weighted by Crippen LogP contribution is -2.12. The Kier molecular flexibility index (Phi) is 6.99. The van der Waals surface area contributed by atoms with Crippen LogP contribution in [0.2, 0.25) is 10.0 Å². The van der Waals surface area contributed by atoms with E-state index in [1.165, 1.54) is 17.7 Å². The summed E-state index contributed by atoms with van der Waals surface area (Å²) in [6.07, 6.45) is 0.490. The summed E-state index contributed by atoms with van der Waals surface area (Å²) in [6.45, 7) is 10.2. The van der Waals surface area contributed by atoms with Gasteiger partial charge in [-0.05, 0) is 60.1 Å². The Morgan fingerprint density at radius 3 is 2.12 bits per heavy atom.